The van der Waals surface area contributed by atoms with Gasteiger partial charge in [-0.3, -0.25) is 4.79 Å². The van der Waals surface area contributed by atoms with Gasteiger partial charge in [0.05, 0.1) is 22.3 Å². The van der Waals surface area contributed by atoms with E-state index in [1.165, 1.54) is 0 Å². The average molecular weight is 383 g/mol. The highest BCUT2D eigenvalue weighted by atomic mass is 16.5. The van der Waals surface area contributed by atoms with E-state index >= 15 is 0 Å². The molecule has 0 saturated heterocycles. The molecule has 1 heterocycles. The van der Waals surface area contributed by atoms with Crippen molar-refractivity contribution in [1.29, 1.82) is 0 Å². The number of rotatable bonds is 5. The van der Waals surface area contributed by atoms with Crippen LogP contribution >= 0.6 is 0 Å². The van der Waals surface area contributed by atoms with E-state index in [1.807, 2.05) is 60.7 Å². The van der Waals surface area contributed by atoms with Crippen LogP contribution in [0.5, 0.6) is 0 Å². The normalized spacial score (nSPS) is 12.3. The van der Waals surface area contributed by atoms with Gasteiger partial charge in [0, 0.05) is 23.4 Å². The minimum Gasteiger partial charge on any atom is -0.383 e. The Bertz CT molecular complexity index is 1230. The Labute approximate surface area is 168 Å². The lowest BCUT2D eigenvalue weighted by molar-refractivity contribution is 0.104. The molecule has 2 N–H and O–H groups in total. The number of anilines is 3. The molecule has 0 saturated carbocycles. The van der Waals surface area contributed by atoms with Gasteiger partial charge in [0.25, 0.3) is 0 Å². The van der Waals surface area contributed by atoms with E-state index in [0.717, 1.165) is 34.6 Å². The summed E-state index contributed by atoms with van der Waals surface area (Å²) >= 11 is 0. The zero-order chi connectivity index (χ0) is 20.0. The third-order valence-electron chi connectivity index (χ3n) is 5.15. The summed E-state index contributed by atoms with van der Waals surface area (Å²) in [6.07, 6.45) is 0. The molecule has 0 fully saturated rings. The molecule has 0 aliphatic heterocycles. The fraction of sp³-hybridized carbons (Fsp3) is 0.167. The summed E-state index contributed by atoms with van der Waals surface area (Å²) in [6, 6.07) is 19.4. The average Bonchev–Trinajstić information content (AvgIpc) is 3.17. The first-order valence-corrected chi connectivity index (χ1v) is 9.80. The molecule has 0 atom stereocenters. The van der Waals surface area contributed by atoms with Crippen LogP contribution in [0.3, 0.4) is 0 Å². The van der Waals surface area contributed by atoms with Gasteiger partial charge < -0.3 is 15.2 Å². The van der Waals surface area contributed by atoms with Crippen LogP contribution in [0.1, 0.15) is 29.8 Å². The summed E-state index contributed by atoms with van der Waals surface area (Å²) in [7, 11) is 0. The molecule has 0 bridgehead atoms. The second-order valence-electron chi connectivity index (χ2n) is 7.72. The van der Waals surface area contributed by atoms with Gasteiger partial charge >= 0.3 is 0 Å². The van der Waals surface area contributed by atoms with E-state index in [-0.39, 0.29) is 5.78 Å². The largest absolute Gasteiger partial charge is 0.383 e. The molecule has 1 aliphatic rings. The van der Waals surface area contributed by atoms with Gasteiger partial charge in [-0.25, -0.2) is 0 Å². The van der Waals surface area contributed by atoms with Crippen molar-refractivity contribution < 1.29 is 9.32 Å². The summed E-state index contributed by atoms with van der Waals surface area (Å²) in [5.74, 6) is 1.10. The Morgan fingerprint density at radius 1 is 0.966 bits per heavy atom. The Morgan fingerprint density at radius 3 is 2.45 bits per heavy atom. The number of nitrogens with zero attached hydrogens (tertiary/aromatic N) is 1. The Morgan fingerprint density at radius 2 is 1.69 bits per heavy atom. The molecule has 5 rings (SSSR count). The molecule has 0 amide bonds. The monoisotopic (exact) mass is 383 g/mol. The van der Waals surface area contributed by atoms with Crippen molar-refractivity contribution in [2.45, 2.75) is 13.8 Å². The lowest BCUT2D eigenvalue weighted by Crippen LogP contribution is -2.13. The highest BCUT2D eigenvalue weighted by Crippen LogP contribution is 2.45. The van der Waals surface area contributed by atoms with Crippen molar-refractivity contribution in [3.05, 3.63) is 71.8 Å². The van der Waals surface area contributed by atoms with Gasteiger partial charge in [-0.15, -0.1) is 0 Å². The second kappa shape index (κ2) is 6.78. The summed E-state index contributed by atoms with van der Waals surface area (Å²) in [5.41, 5.74) is 5.25. The van der Waals surface area contributed by atoms with Crippen LogP contribution in [0.25, 0.3) is 22.2 Å². The lowest BCUT2D eigenvalue weighted by atomic mass is 9.86. The first kappa shape index (κ1) is 17.5. The van der Waals surface area contributed by atoms with Crippen LogP contribution in [-0.2, 0) is 0 Å². The van der Waals surface area contributed by atoms with Crippen LogP contribution in [0.4, 0.5) is 17.1 Å². The maximum Gasteiger partial charge on any atom is 0.196 e. The summed E-state index contributed by atoms with van der Waals surface area (Å²) in [5, 5.41) is 12.0. The number of aromatic nitrogens is 1. The Hall–Kier alpha value is -3.60. The van der Waals surface area contributed by atoms with Gasteiger partial charge in [-0.2, -0.15) is 0 Å². The van der Waals surface area contributed by atoms with Crippen molar-refractivity contribution >= 4 is 33.7 Å². The predicted octanol–water partition coefficient (Wildman–Crippen LogP) is 5.85. The van der Waals surface area contributed by atoms with Crippen molar-refractivity contribution in [1.82, 2.24) is 5.16 Å². The van der Waals surface area contributed by atoms with Crippen molar-refractivity contribution in [3.8, 4) is 11.3 Å². The summed E-state index contributed by atoms with van der Waals surface area (Å²) in [6.45, 7) is 5.10. The number of nitrogens with one attached hydrogen (secondary N) is 2. The second-order valence-corrected chi connectivity index (χ2v) is 7.72. The predicted molar refractivity (Wildman–Crippen MR) is 116 cm³/mol. The van der Waals surface area contributed by atoms with E-state index in [0.29, 0.717) is 28.3 Å². The number of carbonyl (C=O) groups is 1. The smallest absolute Gasteiger partial charge is 0.196 e. The van der Waals surface area contributed by atoms with Gasteiger partial charge in [0.2, 0.25) is 0 Å². The highest BCUT2D eigenvalue weighted by molar-refractivity contribution is 6.28. The number of hydrogen-bond acceptors (Lipinski definition) is 5. The molecule has 1 aromatic heterocycles. The summed E-state index contributed by atoms with van der Waals surface area (Å²) < 4.78 is 5.75. The topological polar surface area (TPSA) is 67.2 Å². The van der Waals surface area contributed by atoms with Crippen molar-refractivity contribution in [3.63, 3.8) is 0 Å². The van der Waals surface area contributed by atoms with Crippen LogP contribution in [0.15, 0.2) is 65.2 Å². The molecular weight excluding hydrogens is 362 g/mol. The maximum absolute atomic E-state index is 13.5. The third kappa shape index (κ3) is 2.86. The fourth-order valence-corrected chi connectivity index (χ4v) is 3.78. The molecule has 5 heteroatoms. The Balaban J connectivity index is 1.76. The fourth-order valence-electron chi connectivity index (χ4n) is 3.78. The number of ketones is 1. The van der Waals surface area contributed by atoms with Crippen LogP contribution in [0.2, 0.25) is 0 Å². The molecule has 0 unspecified atom stereocenters. The lowest BCUT2D eigenvalue weighted by Gasteiger charge is -2.20. The molecule has 5 nitrogen and oxygen atoms in total. The molecule has 0 spiro atoms. The molecule has 4 aromatic rings. The molecule has 3 aromatic carbocycles. The minimum absolute atomic E-state index is 0.0184. The number of para-hydroxylation sites is 1. The SMILES string of the molecule is CC(C)CNc1cc(Nc2ccccc2)c2c3c(onc13)-c1ccccc1C2=O. The van der Waals surface area contributed by atoms with E-state index in [9.17, 15) is 4.79 Å². The molecule has 1 aliphatic carbocycles. The van der Waals surface area contributed by atoms with Gasteiger partial charge in [0.1, 0.15) is 5.52 Å². The van der Waals surface area contributed by atoms with E-state index in [1.54, 1.807) is 0 Å². The van der Waals surface area contributed by atoms with Crippen LogP contribution < -0.4 is 10.6 Å². The van der Waals surface area contributed by atoms with Crippen molar-refractivity contribution in [2.24, 2.45) is 5.92 Å². The first-order chi connectivity index (χ1) is 14.1. The zero-order valence-electron chi connectivity index (χ0n) is 16.3. The quantitative estimate of drug-likeness (QED) is 0.398. The number of fused-ring (bicyclic) bond motifs is 2. The van der Waals surface area contributed by atoms with Gasteiger partial charge in [-0.1, -0.05) is 61.5 Å². The first-order valence-electron chi connectivity index (χ1n) is 9.80. The molecular formula is C24H21N3O2. The number of hydrogen-bond donors (Lipinski definition) is 2. The molecule has 0 radical (unpaired) electrons. The minimum atomic E-state index is -0.0184. The van der Waals surface area contributed by atoms with E-state index < -0.39 is 0 Å². The van der Waals surface area contributed by atoms with E-state index in [4.69, 9.17) is 4.52 Å². The van der Waals surface area contributed by atoms with Gasteiger partial charge in [-0.05, 0) is 24.1 Å². The van der Waals surface area contributed by atoms with Crippen molar-refractivity contribution in [2.75, 3.05) is 17.2 Å². The third-order valence-corrected chi connectivity index (χ3v) is 5.15. The highest BCUT2D eigenvalue weighted by Gasteiger charge is 2.32. The van der Waals surface area contributed by atoms with Crippen LogP contribution in [-0.4, -0.2) is 17.5 Å². The van der Waals surface area contributed by atoms with Gasteiger partial charge in [0.15, 0.2) is 11.5 Å². The molecule has 144 valence electrons. The summed E-state index contributed by atoms with van der Waals surface area (Å²) in [4.78, 5) is 13.5. The Kier molecular flexibility index (Phi) is 4.09. The zero-order valence-corrected chi connectivity index (χ0v) is 16.3. The molecule has 29 heavy (non-hydrogen) atoms. The maximum atomic E-state index is 13.5. The number of carbonyl (C=O) groups excluding carboxylic acids is 1. The standard InChI is InChI=1S/C24H21N3O2/c1-14(2)13-25-19-12-18(26-15-8-4-3-5-9-15)20-21-22(19)27-29-24(21)17-11-7-6-10-16(17)23(20)28/h3-12,14,25-26H,13H2,1-2H3. The van der Waals surface area contributed by atoms with Crippen LogP contribution in [0, 0.1) is 5.92 Å². The van der Waals surface area contributed by atoms with E-state index in [2.05, 4.69) is 29.6 Å². The number of benzene rings is 3.